The standard InChI is InChI=1S/C18H34O3/c1-3-5-11-16(18(19)20-4-2)13-14-17-12-9-7-6-8-10-15-21-17/h16-17H,3-15H2,1-2H3. The summed E-state index contributed by atoms with van der Waals surface area (Å²) in [6.45, 7) is 5.44. The fourth-order valence-corrected chi connectivity index (χ4v) is 3.04. The lowest BCUT2D eigenvalue weighted by molar-refractivity contribution is -0.148. The normalized spacial score (nSPS) is 21.9. The van der Waals surface area contributed by atoms with Gasteiger partial charge in [0, 0.05) is 6.61 Å². The number of carbonyl (C=O) groups is 1. The molecule has 0 radical (unpaired) electrons. The Morgan fingerprint density at radius 3 is 2.67 bits per heavy atom. The Balaban J connectivity index is 2.39. The third-order valence-corrected chi connectivity index (χ3v) is 4.39. The molecule has 3 heteroatoms. The fraction of sp³-hybridized carbons (Fsp3) is 0.944. The van der Waals surface area contributed by atoms with E-state index in [4.69, 9.17) is 9.47 Å². The van der Waals surface area contributed by atoms with Gasteiger partial charge in [0.2, 0.25) is 0 Å². The first-order valence-electron chi connectivity index (χ1n) is 9.06. The largest absolute Gasteiger partial charge is 0.466 e. The van der Waals surface area contributed by atoms with Crippen LogP contribution >= 0.6 is 0 Å². The number of rotatable bonds is 8. The highest BCUT2D eigenvalue weighted by Gasteiger charge is 2.21. The first kappa shape index (κ1) is 18.5. The number of unbranched alkanes of at least 4 members (excludes halogenated alkanes) is 1. The topological polar surface area (TPSA) is 35.5 Å². The molecular formula is C18H34O3. The third-order valence-electron chi connectivity index (χ3n) is 4.39. The van der Waals surface area contributed by atoms with Gasteiger partial charge in [0.1, 0.15) is 0 Å². The van der Waals surface area contributed by atoms with E-state index in [1.807, 2.05) is 6.92 Å². The minimum Gasteiger partial charge on any atom is -0.466 e. The van der Waals surface area contributed by atoms with Crippen molar-refractivity contribution in [3.63, 3.8) is 0 Å². The van der Waals surface area contributed by atoms with Gasteiger partial charge in [0.25, 0.3) is 0 Å². The second kappa shape index (κ2) is 12.0. The zero-order valence-electron chi connectivity index (χ0n) is 14.1. The van der Waals surface area contributed by atoms with Gasteiger partial charge in [0.15, 0.2) is 0 Å². The molecule has 0 spiro atoms. The van der Waals surface area contributed by atoms with Crippen molar-refractivity contribution < 1.29 is 14.3 Å². The van der Waals surface area contributed by atoms with Gasteiger partial charge in [-0.1, -0.05) is 45.4 Å². The Kier molecular flexibility index (Phi) is 10.6. The summed E-state index contributed by atoms with van der Waals surface area (Å²) in [6.07, 6.45) is 13.1. The van der Waals surface area contributed by atoms with Crippen molar-refractivity contribution in [2.45, 2.75) is 90.6 Å². The van der Waals surface area contributed by atoms with Crippen molar-refractivity contribution >= 4 is 5.97 Å². The molecule has 1 saturated heterocycles. The lowest BCUT2D eigenvalue weighted by atomic mass is 9.94. The van der Waals surface area contributed by atoms with Crippen molar-refractivity contribution in [2.24, 2.45) is 5.92 Å². The molecule has 0 aromatic rings. The van der Waals surface area contributed by atoms with Gasteiger partial charge in [0.05, 0.1) is 18.6 Å². The summed E-state index contributed by atoms with van der Waals surface area (Å²) in [7, 11) is 0. The maximum absolute atomic E-state index is 12.0. The second-order valence-electron chi connectivity index (χ2n) is 6.22. The van der Waals surface area contributed by atoms with Gasteiger partial charge >= 0.3 is 5.97 Å². The molecule has 0 saturated carbocycles. The first-order valence-corrected chi connectivity index (χ1v) is 9.06. The van der Waals surface area contributed by atoms with Crippen molar-refractivity contribution in [1.82, 2.24) is 0 Å². The lowest BCUT2D eigenvalue weighted by Crippen LogP contribution is -2.21. The van der Waals surface area contributed by atoms with E-state index in [2.05, 4.69) is 6.92 Å². The summed E-state index contributed by atoms with van der Waals surface area (Å²) in [5.74, 6) is 0.0649. The van der Waals surface area contributed by atoms with Crippen molar-refractivity contribution in [2.75, 3.05) is 13.2 Å². The van der Waals surface area contributed by atoms with Crippen LogP contribution < -0.4 is 0 Å². The van der Waals surface area contributed by atoms with Crippen LogP contribution in [0.1, 0.15) is 84.5 Å². The predicted molar refractivity (Wildman–Crippen MR) is 86.3 cm³/mol. The third kappa shape index (κ3) is 8.45. The molecule has 21 heavy (non-hydrogen) atoms. The van der Waals surface area contributed by atoms with Crippen LogP contribution in [0.25, 0.3) is 0 Å². The molecule has 1 aliphatic heterocycles. The molecule has 1 aliphatic rings. The van der Waals surface area contributed by atoms with Crippen LogP contribution in [0.15, 0.2) is 0 Å². The van der Waals surface area contributed by atoms with Gasteiger partial charge in [-0.25, -0.2) is 0 Å². The highest BCUT2D eigenvalue weighted by molar-refractivity contribution is 5.72. The summed E-state index contributed by atoms with van der Waals surface area (Å²) >= 11 is 0. The summed E-state index contributed by atoms with van der Waals surface area (Å²) in [5.41, 5.74) is 0. The molecule has 1 rings (SSSR count). The van der Waals surface area contributed by atoms with E-state index in [1.54, 1.807) is 0 Å². The monoisotopic (exact) mass is 298 g/mol. The van der Waals surface area contributed by atoms with E-state index in [0.29, 0.717) is 12.7 Å². The summed E-state index contributed by atoms with van der Waals surface area (Å²) < 4.78 is 11.2. The van der Waals surface area contributed by atoms with Gasteiger partial charge in [-0.05, 0) is 39.0 Å². The highest BCUT2D eigenvalue weighted by atomic mass is 16.5. The Morgan fingerprint density at radius 1 is 1.14 bits per heavy atom. The maximum Gasteiger partial charge on any atom is 0.308 e. The smallest absolute Gasteiger partial charge is 0.308 e. The average Bonchev–Trinajstić information content (AvgIpc) is 2.61. The summed E-state index contributed by atoms with van der Waals surface area (Å²) in [4.78, 5) is 12.0. The van der Waals surface area contributed by atoms with Gasteiger partial charge in [-0.15, -0.1) is 0 Å². The van der Waals surface area contributed by atoms with Gasteiger partial charge in [-0.3, -0.25) is 4.79 Å². The molecule has 0 aliphatic carbocycles. The summed E-state index contributed by atoms with van der Waals surface area (Å²) in [6, 6.07) is 0. The van der Waals surface area contributed by atoms with Gasteiger partial charge in [-0.2, -0.15) is 0 Å². The molecule has 2 unspecified atom stereocenters. The minimum atomic E-state index is -0.00554. The Bertz CT molecular complexity index is 255. The molecule has 0 aromatic heterocycles. The number of ether oxygens (including phenoxy) is 2. The van der Waals surface area contributed by atoms with Crippen LogP contribution in [0.5, 0.6) is 0 Å². The van der Waals surface area contributed by atoms with Gasteiger partial charge < -0.3 is 9.47 Å². The SMILES string of the molecule is CCCCC(CCC1CCCCCCCO1)C(=O)OCC. The zero-order chi connectivity index (χ0) is 15.3. The number of hydrogen-bond donors (Lipinski definition) is 0. The zero-order valence-corrected chi connectivity index (χ0v) is 14.1. The summed E-state index contributed by atoms with van der Waals surface area (Å²) in [5, 5.41) is 0. The van der Waals surface area contributed by atoms with Crippen LogP contribution in [0.4, 0.5) is 0 Å². The molecule has 124 valence electrons. The molecular weight excluding hydrogens is 264 g/mol. The lowest BCUT2D eigenvalue weighted by Gasteiger charge is -2.20. The van der Waals surface area contributed by atoms with Crippen molar-refractivity contribution in [1.29, 1.82) is 0 Å². The van der Waals surface area contributed by atoms with E-state index in [0.717, 1.165) is 45.1 Å². The Labute approximate surface area is 130 Å². The number of hydrogen-bond acceptors (Lipinski definition) is 3. The molecule has 0 amide bonds. The minimum absolute atomic E-state index is 0.00554. The van der Waals surface area contributed by atoms with Crippen LogP contribution in [0.3, 0.4) is 0 Å². The average molecular weight is 298 g/mol. The molecule has 1 fully saturated rings. The fourth-order valence-electron chi connectivity index (χ4n) is 3.04. The van der Waals surface area contributed by atoms with Crippen LogP contribution in [0, 0.1) is 5.92 Å². The van der Waals surface area contributed by atoms with E-state index < -0.39 is 0 Å². The Hall–Kier alpha value is -0.570. The van der Waals surface area contributed by atoms with E-state index in [-0.39, 0.29) is 11.9 Å². The molecule has 3 nitrogen and oxygen atoms in total. The van der Waals surface area contributed by atoms with Crippen LogP contribution in [0.2, 0.25) is 0 Å². The maximum atomic E-state index is 12.0. The van der Waals surface area contributed by atoms with Crippen molar-refractivity contribution in [3.05, 3.63) is 0 Å². The quantitative estimate of drug-likeness (QED) is 0.599. The molecule has 0 N–H and O–H groups in total. The molecule has 2 atom stereocenters. The van der Waals surface area contributed by atoms with Crippen LogP contribution in [-0.4, -0.2) is 25.3 Å². The first-order chi connectivity index (χ1) is 10.3. The second-order valence-corrected chi connectivity index (χ2v) is 6.22. The van der Waals surface area contributed by atoms with E-state index >= 15 is 0 Å². The number of esters is 1. The van der Waals surface area contributed by atoms with Crippen LogP contribution in [-0.2, 0) is 14.3 Å². The predicted octanol–water partition coefficient (Wildman–Crippen LogP) is 4.88. The van der Waals surface area contributed by atoms with Crippen molar-refractivity contribution in [3.8, 4) is 0 Å². The molecule has 1 heterocycles. The molecule has 0 bridgehead atoms. The van der Waals surface area contributed by atoms with E-state index in [9.17, 15) is 4.79 Å². The number of carbonyl (C=O) groups excluding carboxylic acids is 1. The van der Waals surface area contributed by atoms with E-state index in [1.165, 1.54) is 32.1 Å². The Morgan fingerprint density at radius 2 is 1.90 bits per heavy atom. The molecule has 0 aromatic carbocycles. The highest BCUT2D eigenvalue weighted by Crippen LogP contribution is 2.22.